The van der Waals surface area contributed by atoms with Crippen LogP contribution in [0.1, 0.15) is 0 Å². The van der Waals surface area contributed by atoms with Crippen LogP contribution >= 0.6 is 0 Å². The molecule has 2 heterocycles. The van der Waals surface area contributed by atoms with Gasteiger partial charge in [-0.3, -0.25) is 9.97 Å². The first kappa shape index (κ1) is 16.9. The van der Waals surface area contributed by atoms with Gasteiger partial charge in [0, 0.05) is 23.2 Å². The van der Waals surface area contributed by atoms with Crippen molar-refractivity contribution in [1.29, 1.82) is 0 Å². The van der Waals surface area contributed by atoms with Gasteiger partial charge in [-0.1, -0.05) is 36.4 Å². The number of aromatic nitrogens is 2. The van der Waals surface area contributed by atoms with Crippen molar-refractivity contribution in [2.75, 3.05) is 0 Å². The molecule has 0 fully saturated rings. The van der Waals surface area contributed by atoms with Crippen molar-refractivity contribution in [2.24, 2.45) is 0 Å². The van der Waals surface area contributed by atoms with Gasteiger partial charge in [0.25, 0.3) is 0 Å². The molecule has 23 heavy (non-hydrogen) atoms. The van der Waals surface area contributed by atoms with Gasteiger partial charge >= 0.3 is 19.8 Å². The van der Waals surface area contributed by atoms with Crippen LogP contribution in [0, 0.1) is 0 Å². The number of fused-ring (bicyclic) bond motifs is 2. The van der Waals surface area contributed by atoms with Crippen molar-refractivity contribution >= 4 is 41.6 Å². The molecule has 2 aromatic carbocycles. The van der Waals surface area contributed by atoms with Crippen LogP contribution in [0.5, 0.6) is 11.5 Å². The quantitative estimate of drug-likeness (QED) is 0.472. The van der Waals surface area contributed by atoms with E-state index < -0.39 is 0 Å². The number of rotatable bonds is 0. The molecule has 0 unspecified atom stereocenters. The average Bonchev–Trinajstić information content (AvgIpc) is 2.57. The summed E-state index contributed by atoms with van der Waals surface area (Å²) >= 11 is 0. The van der Waals surface area contributed by atoms with Crippen LogP contribution in [0.2, 0.25) is 0 Å². The molecule has 0 radical (unpaired) electrons. The Labute approximate surface area is 146 Å². The second-order valence-electron chi connectivity index (χ2n) is 4.70. The number of pyridine rings is 2. The van der Waals surface area contributed by atoms with E-state index in [-0.39, 0.29) is 31.3 Å². The number of phenolic OH excluding ortho intramolecular Hbond substituents is 2. The zero-order chi connectivity index (χ0) is 15.4. The SMILES string of the molecule is Oc1cccc2cccnc12.Oc1cccc2cccnc12.[GaH3]. The summed E-state index contributed by atoms with van der Waals surface area (Å²) in [5.41, 5.74) is 1.32. The summed E-state index contributed by atoms with van der Waals surface area (Å²) in [6.45, 7) is 0. The fourth-order valence-corrected chi connectivity index (χ4v) is 2.18. The number of benzene rings is 2. The third-order valence-electron chi connectivity index (χ3n) is 3.22. The second kappa shape index (κ2) is 7.67. The van der Waals surface area contributed by atoms with E-state index >= 15 is 0 Å². The topological polar surface area (TPSA) is 66.2 Å². The van der Waals surface area contributed by atoms with Crippen molar-refractivity contribution in [2.45, 2.75) is 0 Å². The Bertz CT molecular complexity index is 841. The van der Waals surface area contributed by atoms with E-state index in [1.807, 2.05) is 36.4 Å². The molecule has 4 aromatic rings. The summed E-state index contributed by atoms with van der Waals surface area (Å²) in [6, 6.07) is 18.3. The predicted molar refractivity (Wildman–Crippen MR) is 96.8 cm³/mol. The molecule has 4 rings (SSSR count). The van der Waals surface area contributed by atoms with Gasteiger partial charge in [-0.2, -0.15) is 0 Å². The molecule has 2 aromatic heterocycles. The molecule has 4 nitrogen and oxygen atoms in total. The standard InChI is InChI=1S/2C9H7NO.Ga.3H/c2*11-8-5-1-3-7-4-2-6-10-9(7)8;;;;/h2*1-6,11H;;;;. The van der Waals surface area contributed by atoms with E-state index in [4.69, 9.17) is 0 Å². The molecule has 114 valence electrons. The average molecular weight is 363 g/mol. The zero-order valence-electron chi connectivity index (χ0n) is 11.7. The molecule has 2 N–H and O–H groups in total. The first-order valence-electron chi connectivity index (χ1n) is 6.81. The van der Waals surface area contributed by atoms with Gasteiger partial charge in [0.1, 0.15) is 22.5 Å². The maximum atomic E-state index is 9.31. The Kier molecular flexibility index (Phi) is 5.62. The summed E-state index contributed by atoms with van der Waals surface area (Å²) < 4.78 is 0. The molecular weight excluding hydrogens is 346 g/mol. The summed E-state index contributed by atoms with van der Waals surface area (Å²) in [4.78, 5) is 8.06. The number of aromatic hydroxyl groups is 2. The molecular formula is C18H17GaN2O2. The molecule has 0 saturated heterocycles. The van der Waals surface area contributed by atoms with Crippen LogP contribution in [0.3, 0.4) is 0 Å². The Morgan fingerprint density at radius 2 is 0.957 bits per heavy atom. The van der Waals surface area contributed by atoms with Crippen LogP contribution in [0.25, 0.3) is 21.8 Å². The number of phenols is 2. The second-order valence-corrected chi connectivity index (χ2v) is 4.70. The molecule has 5 heteroatoms. The fourth-order valence-electron chi connectivity index (χ4n) is 2.18. The predicted octanol–water partition coefficient (Wildman–Crippen LogP) is 2.70. The van der Waals surface area contributed by atoms with Gasteiger partial charge < -0.3 is 10.2 Å². The number of nitrogens with zero attached hydrogens (tertiary/aromatic N) is 2. The molecule has 0 saturated carbocycles. The molecule has 0 aliphatic carbocycles. The van der Waals surface area contributed by atoms with Crippen molar-refractivity contribution in [3.05, 3.63) is 73.1 Å². The summed E-state index contributed by atoms with van der Waals surface area (Å²) in [7, 11) is 0. The molecule has 0 aliphatic rings. The maximum absolute atomic E-state index is 9.31. The molecule has 0 bridgehead atoms. The monoisotopic (exact) mass is 362 g/mol. The van der Waals surface area contributed by atoms with Gasteiger partial charge in [-0.15, -0.1) is 0 Å². The van der Waals surface area contributed by atoms with Gasteiger partial charge in [-0.05, 0) is 24.3 Å². The third-order valence-corrected chi connectivity index (χ3v) is 3.22. The summed E-state index contributed by atoms with van der Waals surface area (Å²) in [5, 5.41) is 20.5. The van der Waals surface area contributed by atoms with Gasteiger partial charge in [0.15, 0.2) is 0 Å². The molecule has 0 aliphatic heterocycles. The van der Waals surface area contributed by atoms with Gasteiger partial charge in [-0.25, -0.2) is 0 Å². The van der Waals surface area contributed by atoms with Crippen molar-refractivity contribution in [3.8, 4) is 11.5 Å². The summed E-state index contributed by atoms with van der Waals surface area (Å²) in [5.74, 6) is 0.478. The first-order chi connectivity index (χ1) is 10.8. The molecule has 0 amide bonds. The molecule has 0 spiro atoms. The Balaban J connectivity index is 0.000000160. The van der Waals surface area contributed by atoms with Crippen LogP contribution < -0.4 is 0 Å². The first-order valence-corrected chi connectivity index (χ1v) is 6.81. The Morgan fingerprint density at radius 3 is 1.35 bits per heavy atom. The minimum absolute atomic E-state index is 0. The van der Waals surface area contributed by atoms with E-state index in [1.54, 1.807) is 36.7 Å². The number of hydrogen-bond acceptors (Lipinski definition) is 4. The number of para-hydroxylation sites is 2. The van der Waals surface area contributed by atoms with Gasteiger partial charge in [0.05, 0.1) is 0 Å². The van der Waals surface area contributed by atoms with Gasteiger partial charge in [0.2, 0.25) is 0 Å². The van der Waals surface area contributed by atoms with Crippen molar-refractivity contribution in [3.63, 3.8) is 0 Å². The fraction of sp³-hybridized carbons (Fsp3) is 0. The third kappa shape index (κ3) is 3.83. The van der Waals surface area contributed by atoms with Crippen LogP contribution in [0.15, 0.2) is 73.1 Å². The van der Waals surface area contributed by atoms with E-state index in [0.29, 0.717) is 11.0 Å². The Morgan fingerprint density at radius 1 is 0.565 bits per heavy atom. The summed E-state index contributed by atoms with van der Waals surface area (Å²) in [6.07, 6.45) is 3.34. The van der Waals surface area contributed by atoms with E-state index in [9.17, 15) is 10.2 Å². The van der Waals surface area contributed by atoms with Crippen LogP contribution in [0.4, 0.5) is 0 Å². The van der Waals surface area contributed by atoms with Crippen LogP contribution in [-0.2, 0) is 0 Å². The van der Waals surface area contributed by atoms with Crippen molar-refractivity contribution < 1.29 is 10.2 Å². The normalized spacial score (nSPS) is 9.74. The van der Waals surface area contributed by atoms with E-state index in [0.717, 1.165) is 10.8 Å². The minimum atomic E-state index is 0. The van der Waals surface area contributed by atoms with Crippen molar-refractivity contribution in [1.82, 2.24) is 9.97 Å². The molecule has 0 atom stereocenters. The zero-order valence-corrected chi connectivity index (χ0v) is 11.7. The van der Waals surface area contributed by atoms with E-state index in [2.05, 4.69) is 9.97 Å². The van der Waals surface area contributed by atoms with Crippen LogP contribution in [-0.4, -0.2) is 40.0 Å². The number of hydrogen-bond donors (Lipinski definition) is 2. The van der Waals surface area contributed by atoms with E-state index in [1.165, 1.54) is 0 Å². The Hall–Kier alpha value is -2.50.